The SMILES string of the molecule is Cc1cc(Cl)cc([N+](=O)[O-])c1NCC(O)CO. The molecular weight excluding hydrogens is 248 g/mol. The highest BCUT2D eigenvalue weighted by Crippen LogP contribution is 2.31. The molecule has 1 aromatic carbocycles. The summed E-state index contributed by atoms with van der Waals surface area (Å²) in [7, 11) is 0. The molecule has 0 amide bonds. The third kappa shape index (κ3) is 3.55. The molecule has 1 aromatic rings. The van der Waals surface area contributed by atoms with Gasteiger partial charge in [-0.2, -0.15) is 0 Å². The van der Waals surface area contributed by atoms with Crippen LogP contribution in [0.5, 0.6) is 0 Å². The maximum atomic E-state index is 10.8. The van der Waals surface area contributed by atoms with Gasteiger partial charge in [-0.25, -0.2) is 0 Å². The average molecular weight is 261 g/mol. The minimum absolute atomic E-state index is 0.0276. The molecule has 0 fully saturated rings. The Bertz CT molecular complexity index is 425. The van der Waals surface area contributed by atoms with Gasteiger partial charge in [0.05, 0.1) is 17.6 Å². The van der Waals surface area contributed by atoms with E-state index in [2.05, 4.69) is 5.32 Å². The van der Waals surface area contributed by atoms with Gasteiger partial charge in [-0.1, -0.05) is 11.6 Å². The van der Waals surface area contributed by atoms with Crippen molar-refractivity contribution in [1.29, 1.82) is 0 Å². The van der Waals surface area contributed by atoms with Crippen LogP contribution >= 0.6 is 11.6 Å². The fraction of sp³-hybridized carbons (Fsp3) is 0.400. The van der Waals surface area contributed by atoms with E-state index in [4.69, 9.17) is 16.7 Å². The molecule has 1 atom stereocenters. The second-order valence-electron chi connectivity index (χ2n) is 3.59. The molecule has 0 heterocycles. The number of hydrogen-bond donors (Lipinski definition) is 3. The van der Waals surface area contributed by atoms with Crippen molar-refractivity contribution in [2.45, 2.75) is 13.0 Å². The first kappa shape index (κ1) is 13.7. The predicted octanol–water partition coefficient (Wildman–Crippen LogP) is 1.32. The molecule has 7 heteroatoms. The van der Waals surface area contributed by atoms with Crippen molar-refractivity contribution in [2.75, 3.05) is 18.5 Å². The first-order chi connectivity index (χ1) is 7.95. The van der Waals surface area contributed by atoms with Crippen LogP contribution in [0, 0.1) is 17.0 Å². The van der Waals surface area contributed by atoms with Gasteiger partial charge in [-0.15, -0.1) is 0 Å². The highest BCUT2D eigenvalue weighted by atomic mass is 35.5. The van der Waals surface area contributed by atoms with E-state index < -0.39 is 17.6 Å². The molecule has 17 heavy (non-hydrogen) atoms. The molecule has 0 aliphatic rings. The maximum Gasteiger partial charge on any atom is 0.294 e. The van der Waals surface area contributed by atoms with Crippen LogP contribution in [0.3, 0.4) is 0 Å². The number of aliphatic hydroxyl groups is 2. The molecule has 0 saturated carbocycles. The summed E-state index contributed by atoms with van der Waals surface area (Å²) in [6.45, 7) is 1.29. The van der Waals surface area contributed by atoms with Gasteiger partial charge in [-0.05, 0) is 18.6 Å². The molecule has 0 aliphatic carbocycles. The number of aryl methyl sites for hydroxylation is 1. The number of benzene rings is 1. The van der Waals surface area contributed by atoms with Crippen molar-refractivity contribution in [3.05, 3.63) is 32.8 Å². The Morgan fingerprint density at radius 2 is 2.24 bits per heavy atom. The van der Waals surface area contributed by atoms with Crippen molar-refractivity contribution >= 4 is 23.0 Å². The molecule has 1 unspecified atom stereocenters. The average Bonchev–Trinajstić information content (AvgIpc) is 2.26. The van der Waals surface area contributed by atoms with Crippen molar-refractivity contribution in [2.24, 2.45) is 0 Å². The summed E-state index contributed by atoms with van der Waals surface area (Å²) < 4.78 is 0. The van der Waals surface area contributed by atoms with E-state index in [9.17, 15) is 15.2 Å². The molecule has 94 valence electrons. The summed E-state index contributed by atoms with van der Waals surface area (Å²) in [4.78, 5) is 10.3. The summed E-state index contributed by atoms with van der Waals surface area (Å²) in [5, 5.41) is 31.7. The second kappa shape index (κ2) is 5.81. The van der Waals surface area contributed by atoms with Crippen LogP contribution in [0.4, 0.5) is 11.4 Å². The Balaban J connectivity index is 3.00. The number of hydrogen-bond acceptors (Lipinski definition) is 5. The lowest BCUT2D eigenvalue weighted by Crippen LogP contribution is -2.23. The maximum absolute atomic E-state index is 10.8. The molecule has 0 bridgehead atoms. The summed E-state index contributed by atoms with van der Waals surface area (Å²) in [5.74, 6) is 0. The van der Waals surface area contributed by atoms with Crippen LogP contribution in [0.15, 0.2) is 12.1 Å². The zero-order valence-electron chi connectivity index (χ0n) is 9.18. The smallest absolute Gasteiger partial charge is 0.294 e. The third-order valence-corrected chi connectivity index (χ3v) is 2.42. The molecule has 3 N–H and O–H groups in total. The fourth-order valence-corrected chi connectivity index (χ4v) is 1.65. The molecule has 0 aromatic heterocycles. The van der Waals surface area contributed by atoms with E-state index in [1.807, 2.05) is 0 Å². The fourth-order valence-electron chi connectivity index (χ4n) is 1.38. The van der Waals surface area contributed by atoms with E-state index >= 15 is 0 Å². The van der Waals surface area contributed by atoms with Gasteiger partial charge in [0, 0.05) is 17.6 Å². The summed E-state index contributed by atoms with van der Waals surface area (Å²) in [6.07, 6.45) is -0.968. The first-order valence-corrected chi connectivity index (χ1v) is 5.30. The zero-order valence-corrected chi connectivity index (χ0v) is 9.94. The van der Waals surface area contributed by atoms with Crippen LogP contribution in [0.2, 0.25) is 5.02 Å². The Morgan fingerprint density at radius 1 is 1.59 bits per heavy atom. The van der Waals surface area contributed by atoms with Crippen LogP contribution < -0.4 is 5.32 Å². The molecule has 0 aliphatic heterocycles. The number of rotatable bonds is 5. The molecule has 6 nitrogen and oxygen atoms in total. The van der Waals surface area contributed by atoms with Gasteiger partial charge in [0.15, 0.2) is 0 Å². The van der Waals surface area contributed by atoms with Gasteiger partial charge in [0.1, 0.15) is 5.69 Å². The highest BCUT2D eigenvalue weighted by molar-refractivity contribution is 6.31. The van der Waals surface area contributed by atoms with Gasteiger partial charge in [-0.3, -0.25) is 10.1 Å². The van der Waals surface area contributed by atoms with Crippen LogP contribution in [0.1, 0.15) is 5.56 Å². The topological polar surface area (TPSA) is 95.6 Å². The Kier molecular flexibility index (Phi) is 4.68. The van der Waals surface area contributed by atoms with Gasteiger partial charge >= 0.3 is 0 Å². The van der Waals surface area contributed by atoms with E-state index in [-0.39, 0.29) is 17.3 Å². The predicted molar refractivity (Wildman–Crippen MR) is 64.4 cm³/mol. The third-order valence-electron chi connectivity index (χ3n) is 2.20. The number of nitrogens with zero attached hydrogens (tertiary/aromatic N) is 1. The number of nitro benzene ring substituents is 1. The van der Waals surface area contributed by atoms with Crippen LogP contribution in [-0.4, -0.2) is 34.4 Å². The molecule has 1 rings (SSSR count). The number of anilines is 1. The van der Waals surface area contributed by atoms with Crippen LogP contribution in [0.25, 0.3) is 0 Å². The van der Waals surface area contributed by atoms with E-state index in [1.54, 1.807) is 13.0 Å². The second-order valence-corrected chi connectivity index (χ2v) is 4.03. The Labute approximate surface area is 103 Å². The number of halogens is 1. The lowest BCUT2D eigenvalue weighted by Gasteiger charge is -2.12. The van der Waals surface area contributed by atoms with Gasteiger partial charge in [0.25, 0.3) is 5.69 Å². The minimum atomic E-state index is -0.968. The van der Waals surface area contributed by atoms with E-state index in [1.165, 1.54) is 6.07 Å². The lowest BCUT2D eigenvalue weighted by molar-refractivity contribution is -0.384. The highest BCUT2D eigenvalue weighted by Gasteiger charge is 2.17. The monoisotopic (exact) mass is 260 g/mol. The minimum Gasteiger partial charge on any atom is -0.394 e. The number of nitro groups is 1. The summed E-state index contributed by atoms with van der Waals surface area (Å²) >= 11 is 5.73. The Hall–Kier alpha value is -1.37. The number of aliphatic hydroxyl groups excluding tert-OH is 2. The molecule has 0 radical (unpaired) electrons. The normalized spacial score (nSPS) is 12.2. The first-order valence-electron chi connectivity index (χ1n) is 4.93. The van der Waals surface area contributed by atoms with Crippen molar-refractivity contribution in [3.63, 3.8) is 0 Å². The Morgan fingerprint density at radius 3 is 2.76 bits per heavy atom. The molecular formula is C10H13ClN2O4. The van der Waals surface area contributed by atoms with Crippen molar-refractivity contribution in [3.8, 4) is 0 Å². The zero-order chi connectivity index (χ0) is 13.0. The van der Waals surface area contributed by atoms with Crippen molar-refractivity contribution in [1.82, 2.24) is 0 Å². The molecule has 0 saturated heterocycles. The van der Waals surface area contributed by atoms with E-state index in [0.29, 0.717) is 11.3 Å². The number of nitrogens with one attached hydrogen (secondary N) is 1. The summed E-state index contributed by atoms with van der Waals surface area (Å²) in [5.41, 5.74) is 0.751. The van der Waals surface area contributed by atoms with Gasteiger partial charge in [0.2, 0.25) is 0 Å². The largest absolute Gasteiger partial charge is 0.394 e. The van der Waals surface area contributed by atoms with E-state index in [0.717, 1.165) is 0 Å². The van der Waals surface area contributed by atoms with Crippen molar-refractivity contribution < 1.29 is 15.1 Å². The van der Waals surface area contributed by atoms with Gasteiger partial charge < -0.3 is 15.5 Å². The molecule has 0 spiro atoms. The standard InChI is InChI=1S/C10H13ClN2O4/c1-6-2-7(11)3-9(13(16)17)10(6)12-4-8(15)5-14/h2-3,8,12,14-15H,4-5H2,1H3. The quantitative estimate of drug-likeness (QED) is 0.548. The lowest BCUT2D eigenvalue weighted by atomic mass is 10.1. The van der Waals surface area contributed by atoms with Crippen LogP contribution in [-0.2, 0) is 0 Å². The summed E-state index contributed by atoms with van der Waals surface area (Å²) in [6, 6.07) is 2.82.